The number of nitrogens with zero attached hydrogens (tertiary/aromatic N) is 2. The van der Waals surface area contributed by atoms with Crippen molar-refractivity contribution < 1.29 is 28.7 Å². The van der Waals surface area contributed by atoms with E-state index in [1.54, 1.807) is 6.92 Å². The zero-order valence-corrected chi connectivity index (χ0v) is 19.5. The fourth-order valence-electron chi connectivity index (χ4n) is 3.27. The number of benzene rings is 1. The molecule has 1 aliphatic rings. The van der Waals surface area contributed by atoms with Crippen LogP contribution in [0.3, 0.4) is 0 Å². The largest absolute Gasteiger partial charge is 0.507 e. The zero-order chi connectivity index (χ0) is 22.4. The molecule has 0 bridgehead atoms. The number of nitrogens with one attached hydrogen (secondary N) is 1. The molecule has 2 aromatic rings. The van der Waals surface area contributed by atoms with Crippen LogP contribution in [-0.2, 0) is 21.8 Å². The number of phenolic OH excluding ortho intramolecular Hbond substituents is 1. The molecular formula is C20H27ClN4O6S. The third kappa shape index (κ3) is 6.05. The molecule has 2 heterocycles. The normalized spacial score (nSPS) is 17.9. The lowest BCUT2D eigenvalue weighted by Gasteiger charge is -2.19. The Morgan fingerprint density at radius 1 is 1.38 bits per heavy atom. The lowest BCUT2D eigenvalue weighted by molar-refractivity contribution is -0.122. The number of esters is 1. The standard InChI is InChI=1S/C20H26N4O6S.ClH/c1-11-15(28-2)7-14(25)12-9-31-10-13(19-23-16(8-21)24-30-19)22-17(26)5-3-4-6-29-20(27)18(11)12;/h7,13,25H,3-6,8-10,21H2,1-2H3,(H,22,26);1H/t13-;/m0./s1. The quantitative estimate of drug-likeness (QED) is 0.551. The first-order valence-electron chi connectivity index (χ1n) is 9.90. The smallest absolute Gasteiger partial charge is 0.338 e. The number of phenols is 1. The lowest BCUT2D eigenvalue weighted by atomic mass is 10.0. The number of cyclic esters (lactones) is 1. The number of aromatic nitrogens is 2. The summed E-state index contributed by atoms with van der Waals surface area (Å²) in [4.78, 5) is 29.4. The number of halogens is 1. The predicted octanol–water partition coefficient (Wildman–Crippen LogP) is 2.40. The predicted molar refractivity (Wildman–Crippen MR) is 120 cm³/mol. The molecule has 32 heavy (non-hydrogen) atoms. The van der Waals surface area contributed by atoms with E-state index in [-0.39, 0.29) is 49.5 Å². The number of hydrogen-bond donors (Lipinski definition) is 3. The molecule has 176 valence electrons. The van der Waals surface area contributed by atoms with Crippen molar-refractivity contribution >= 4 is 36.0 Å². The van der Waals surface area contributed by atoms with E-state index in [9.17, 15) is 14.7 Å². The molecule has 1 aromatic heterocycles. The topological polar surface area (TPSA) is 150 Å². The van der Waals surface area contributed by atoms with Gasteiger partial charge in [0.25, 0.3) is 0 Å². The minimum atomic E-state index is -0.523. The van der Waals surface area contributed by atoms with Crippen LogP contribution in [0.5, 0.6) is 11.5 Å². The Morgan fingerprint density at radius 3 is 2.84 bits per heavy atom. The van der Waals surface area contributed by atoms with Gasteiger partial charge < -0.3 is 30.2 Å². The molecule has 12 heteroatoms. The molecule has 0 spiro atoms. The first kappa shape index (κ1) is 25.8. The molecule has 0 aliphatic carbocycles. The van der Waals surface area contributed by atoms with E-state index in [2.05, 4.69) is 15.5 Å². The number of aromatic hydroxyl groups is 1. The van der Waals surface area contributed by atoms with E-state index in [1.807, 2.05) is 0 Å². The van der Waals surface area contributed by atoms with Crippen LogP contribution < -0.4 is 15.8 Å². The molecule has 0 radical (unpaired) electrons. The summed E-state index contributed by atoms with van der Waals surface area (Å²) in [6.45, 7) is 2.05. The van der Waals surface area contributed by atoms with Gasteiger partial charge in [-0.15, -0.1) is 12.4 Å². The molecule has 1 aliphatic heterocycles. The van der Waals surface area contributed by atoms with Crippen molar-refractivity contribution in [3.8, 4) is 11.5 Å². The highest BCUT2D eigenvalue weighted by atomic mass is 35.5. The molecule has 3 rings (SSSR count). The summed E-state index contributed by atoms with van der Waals surface area (Å²) in [5.74, 6) is 0.963. The van der Waals surface area contributed by atoms with Crippen LogP contribution in [-0.4, -0.2) is 46.6 Å². The van der Waals surface area contributed by atoms with Gasteiger partial charge in [-0.1, -0.05) is 5.16 Å². The molecule has 0 saturated heterocycles. The minimum absolute atomic E-state index is 0. The average Bonchev–Trinajstić information content (AvgIpc) is 3.23. The molecule has 1 amide bonds. The van der Waals surface area contributed by atoms with Gasteiger partial charge in [0.15, 0.2) is 5.82 Å². The SMILES string of the molecule is COc1cc(O)c2c(c1C)C(=O)OCCCCC(=O)N[C@H](c1nc(CN)no1)CSC2.Cl. The molecule has 0 fully saturated rings. The number of carbonyl (C=O) groups is 2. The average molecular weight is 487 g/mol. The molecular weight excluding hydrogens is 460 g/mol. The Morgan fingerprint density at radius 2 is 2.16 bits per heavy atom. The van der Waals surface area contributed by atoms with E-state index in [0.717, 1.165) is 0 Å². The number of rotatable bonds is 3. The lowest BCUT2D eigenvalue weighted by Crippen LogP contribution is -2.30. The van der Waals surface area contributed by atoms with Crippen LogP contribution in [0.4, 0.5) is 0 Å². The fourth-order valence-corrected chi connectivity index (χ4v) is 4.34. The molecule has 10 nitrogen and oxygen atoms in total. The van der Waals surface area contributed by atoms with Crippen molar-refractivity contribution in [1.82, 2.24) is 15.5 Å². The van der Waals surface area contributed by atoms with Crippen molar-refractivity contribution in [3.05, 3.63) is 34.5 Å². The van der Waals surface area contributed by atoms with Crippen molar-refractivity contribution in [2.45, 2.75) is 44.5 Å². The van der Waals surface area contributed by atoms with Gasteiger partial charge in [0, 0.05) is 35.1 Å². The van der Waals surface area contributed by atoms with Gasteiger partial charge in [-0.2, -0.15) is 16.7 Å². The van der Waals surface area contributed by atoms with Crippen LogP contribution in [0.25, 0.3) is 0 Å². The van der Waals surface area contributed by atoms with Crippen LogP contribution in [0.15, 0.2) is 10.6 Å². The van der Waals surface area contributed by atoms with E-state index in [4.69, 9.17) is 19.7 Å². The number of hydrogen-bond acceptors (Lipinski definition) is 10. The van der Waals surface area contributed by atoms with Crippen LogP contribution in [0.1, 0.15) is 58.5 Å². The van der Waals surface area contributed by atoms with Gasteiger partial charge in [0.1, 0.15) is 17.5 Å². The summed E-state index contributed by atoms with van der Waals surface area (Å²) in [6.07, 6.45) is 1.35. The van der Waals surface area contributed by atoms with Gasteiger partial charge in [-0.05, 0) is 19.8 Å². The highest BCUT2D eigenvalue weighted by Gasteiger charge is 2.25. The number of ether oxygens (including phenoxy) is 2. The molecule has 1 atom stereocenters. The Labute approximate surface area is 196 Å². The van der Waals surface area contributed by atoms with Crippen LogP contribution >= 0.6 is 24.2 Å². The van der Waals surface area contributed by atoms with Crippen molar-refractivity contribution in [2.24, 2.45) is 5.73 Å². The second-order valence-corrected chi connectivity index (χ2v) is 8.09. The van der Waals surface area contributed by atoms with Gasteiger partial charge in [0.2, 0.25) is 11.8 Å². The Bertz CT molecular complexity index is 954. The number of thioether (sulfide) groups is 1. The first-order valence-corrected chi connectivity index (χ1v) is 11.1. The van der Waals surface area contributed by atoms with Crippen molar-refractivity contribution in [1.29, 1.82) is 0 Å². The van der Waals surface area contributed by atoms with E-state index in [0.29, 0.717) is 52.6 Å². The van der Waals surface area contributed by atoms with Crippen LogP contribution in [0.2, 0.25) is 0 Å². The second kappa shape index (κ2) is 11.9. The Hall–Kier alpha value is -2.50. The third-order valence-electron chi connectivity index (χ3n) is 4.91. The highest BCUT2D eigenvalue weighted by molar-refractivity contribution is 7.98. The molecule has 0 saturated carbocycles. The number of methoxy groups -OCH3 is 1. The third-order valence-corrected chi connectivity index (χ3v) is 5.97. The number of carbonyl (C=O) groups excluding carboxylic acids is 2. The number of fused-ring (bicyclic) bond motifs is 1. The van der Waals surface area contributed by atoms with E-state index >= 15 is 0 Å². The van der Waals surface area contributed by atoms with Crippen LogP contribution in [0, 0.1) is 6.92 Å². The van der Waals surface area contributed by atoms with E-state index in [1.165, 1.54) is 24.9 Å². The van der Waals surface area contributed by atoms with E-state index < -0.39 is 12.0 Å². The second-order valence-electron chi connectivity index (χ2n) is 7.06. The molecule has 0 unspecified atom stereocenters. The maximum atomic E-state index is 12.8. The maximum absolute atomic E-state index is 12.8. The maximum Gasteiger partial charge on any atom is 0.338 e. The van der Waals surface area contributed by atoms with Crippen molar-refractivity contribution in [3.63, 3.8) is 0 Å². The summed E-state index contributed by atoms with van der Waals surface area (Å²) in [7, 11) is 1.48. The fraction of sp³-hybridized carbons (Fsp3) is 0.500. The summed E-state index contributed by atoms with van der Waals surface area (Å²) in [5.41, 5.74) is 6.90. The van der Waals surface area contributed by atoms with Gasteiger partial charge in [-0.3, -0.25) is 4.79 Å². The van der Waals surface area contributed by atoms with Crippen molar-refractivity contribution in [2.75, 3.05) is 19.5 Å². The zero-order valence-electron chi connectivity index (χ0n) is 17.9. The summed E-state index contributed by atoms with van der Waals surface area (Å²) in [6, 6.07) is 0.959. The Kier molecular flexibility index (Phi) is 9.60. The van der Waals surface area contributed by atoms with Gasteiger partial charge in [-0.25, -0.2) is 4.79 Å². The van der Waals surface area contributed by atoms with Gasteiger partial charge >= 0.3 is 5.97 Å². The monoisotopic (exact) mass is 486 g/mol. The summed E-state index contributed by atoms with van der Waals surface area (Å²) < 4.78 is 15.9. The van der Waals surface area contributed by atoms with Gasteiger partial charge in [0.05, 0.1) is 25.8 Å². The molecule has 1 aromatic carbocycles. The number of amides is 1. The number of nitrogens with two attached hydrogens (primary N) is 1. The minimum Gasteiger partial charge on any atom is -0.507 e. The Balaban J connectivity index is 0.00000363. The summed E-state index contributed by atoms with van der Waals surface area (Å²) in [5, 5.41) is 17.3. The first-order chi connectivity index (χ1) is 14.9. The summed E-state index contributed by atoms with van der Waals surface area (Å²) >= 11 is 1.40. The highest BCUT2D eigenvalue weighted by Crippen LogP contribution is 2.36. The molecule has 4 N–H and O–H groups in total.